The van der Waals surface area contributed by atoms with E-state index in [1.807, 2.05) is 13.8 Å². The van der Waals surface area contributed by atoms with Crippen molar-refractivity contribution in [3.63, 3.8) is 0 Å². The Balaban J connectivity index is 3.48. The normalized spacial score (nSPS) is 9.50. The molecule has 1 heterocycles. The molecule has 0 atom stereocenters. The van der Waals surface area contributed by atoms with Gasteiger partial charge < -0.3 is 0 Å². The van der Waals surface area contributed by atoms with Crippen LogP contribution in [0.5, 0.6) is 0 Å². The zero-order chi connectivity index (χ0) is 9.14. The van der Waals surface area contributed by atoms with Crippen LogP contribution in [0.15, 0.2) is 17.8 Å². The molecule has 0 aliphatic heterocycles. The van der Waals surface area contributed by atoms with Gasteiger partial charge in [-0.1, -0.05) is 12.7 Å². The van der Waals surface area contributed by atoms with Gasteiger partial charge >= 0.3 is 0 Å². The summed E-state index contributed by atoms with van der Waals surface area (Å²) in [4.78, 5) is 8.14. The Morgan fingerprint density at radius 1 is 1.50 bits per heavy atom. The topological polar surface area (TPSA) is 25.2 Å². The lowest BCUT2D eigenvalue weighted by Gasteiger charge is -2.05. The van der Waals surface area contributed by atoms with E-state index in [-0.39, 0.29) is 0 Å². The minimum Gasteiger partial charge on any atom is -0.264 e. The highest BCUT2D eigenvalue weighted by Crippen LogP contribution is 2.25. The van der Waals surface area contributed by atoms with E-state index < -0.39 is 0 Å². The number of hydrogen-bond donors (Lipinski definition) is 0. The van der Waals surface area contributed by atoms with Gasteiger partial charge in [0.1, 0.15) is 0 Å². The van der Waals surface area contributed by atoms with Crippen LogP contribution in [0, 0.1) is 13.8 Å². The second-order valence-corrected chi connectivity index (χ2v) is 2.65. The van der Waals surface area contributed by atoms with Crippen LogP contribution in [0.4, 0.5) is 5.69 Å². The Morgan fingerprint density at radius 2 is 2.17 bits per heavy atom. The van der Waals surface area contributed by atoms with Gasteiger partial charge in [0.05, 0.1) is 5.69 Å². The summed E-state index contributed by atoms with van der Waals surface area (Å²) in [7, 11) is 0. The number of rotatable bonds is 2. The lowest BCUT2D eigenvalue weighted by Crippen LogP contribution is -1.89. The molecule has 62 valence electrons. The van der Waals surface area contributed by atoms with E-state index in [1.165, 1.54) is 0 Å². The maximum absolute atomic E-state index is 4.20. The number of hydrogen-bond acceptors (Lipinski definition) is 2. The molecule has 0 aliphatic rings. The Kier molecular flexibility index (Phi) is 2.38. The van der Waals surface area contributed by atoms with E-state index in [1.54, 1.807) is 12.3 Å². The molecule has 0 radical (unpaired) electrons. The lowest BCUT2D eigenvalue weighted by molar-refractivity contribution is 1.15. The first-order valence-corrected chi connectivity index (χ1v) is 3.76. The SMILES string of the molecule is C=Cc1c(C)ncc(C)c1N=C. The first-order chi connectivity index (χ1) is 5.70. The van der Waals surface area contributed by atoms with Crippen molar-refractivity contribution in [2.24, 2.45) is 4.99 Å². The quantitative estimate of drug-likeness (QED) is 0.610. The average Bonchev–Trinajstić information content (AvgIpc) is 2.08. The van der Waals surface area contributed by atoms with Gasteiger partial charge in [-0.25, -0.2) is 0 Å². The molecule has 0 saturated heterocycles. The monoisotopic (exact) mass is 160 g/mol. The molecule has 0 spiro atoms. The Labute approximate surface area is 72.7 Å². The summed E-state index contributed by atoms with van der Waals surface area (Å²) in [6.07, 6.45) is 3.56. The van der Waals surface area contributed by atoms with E-state index >= 15 is 0 Å². The highest BCUT2D eigenvalue weighted by atomic mass is 14.7. The van der Waals surface area contributed by atoms with Crippen LogP contribution in [0.2, 0.25) is 0 Å². The molecule has 2 heteroatoms. The van der Waals surface area contributed by atoms with E-state index in [0.29, 0.717) is 0 Å². The van der Waals surface area contributed by atoms with Gasteiger partial charge in [-0.15, -0.1) is 0 Å². The second kappa shape index (κ2) is 3.30. The van der Waals surface area contributed by atoms with Gasteiger partial charge in [0.25, 0.3) is 0 Å². The molecular weight excluding hydrogens is 148 g/mol. The molecule has 2 nitrogen and oxygen atoms in total. The van der Waals surface area contributed by atoms with Crippen molar-refractivity contribution in [2.45, 2.75) is 13.8 Å². The zero-order valence-electron chi connectivity index (χ0n) is 7.46. The van der Waals surface area contributed by atoms with Crippen molar-refractivity contribution in [3.05, 3.63) is 29.6 Å². The van der Waals surface area contributed by atoms with Crippen LogP contribution in [-0.4, -0.2) is 11.7 Å². The third-order valence-corrected chi connectivity index (χ3v) is 1.83. The standard InChI is InChI=1S/C10H12N2/c1-5-9-8(3)12-6-7(2)10(9)11-4/h5-6H,1,4H2,2-3H3. The molecule has 0 fully saturated rings. The fourth-order valence-electron chi connectivity index (χ4n) is 1.16. The van der Waals surface area contributed by atoms with Crippen LogP contribution in [0.25, 0.3) is 6.08 Å². The number of aliphatic imine (C=N–C) groups is 1. The summed E-state index contributed by atoms with van der Waals surface area (Å²) in [5.41, 5.74) is 3.84. The molecule has 1 aromatic rings. The third kappa shape index (κ3) is 1.28. The molecular formula is C10H12N2. The van der Waals surface area contributed by atoms with Crippen LogP contribution >= 0.6 is 0 Å². The van der Waals surface area contributed by atoms with Crippen molar-refractivity contribution in [3.8, 4) is 0 Å². The molecule has 0 aromatic carbocycles. The fraction of sp³-hybridized carbons (Fsp3) is 0.200. The van der Waals surface area contributed by atoms with Crippen LogP contribution in [0.1, 0.15) is 16.8 Å². The molecule has 1 aromatic heterocycles. The number of aromatic nitrogens is 1. The van der Waals surface area contributed by atoms with Crippen molar-refractivity contribution >= 4 is 18.5 Å². The summed E-state index contributed by atoms with van der Waals surface area (Å²) in [5, 5.41) is 0. The third-order valence-electron chi connectivity index (χ3n) is 1.83. The van der Waals surface area contributed by atoms with Gasteiger partial charge in [0.2, 0.25) is 0 Å². The van der Waals surface area contributed by atoms with Crippen LogP contribution in [0.3, 0.4) is 0 Å². The van der Waals surface area contributed by atoms with Gasteiger partial charge in [-0.2, -0.15) is 0 Å². The van der Waals surface area contributed by atoms with E-state index in [9.17, 15) is 0 Å². The molecule has 0 unspecified atom stereocenters. The van der Waals surface area contributed by atoms with Gasteiger partial charge in [-0.05, 0) is 26.1 Å². The van der Waals surface area contributed by atoms with Crippen LogP contribution < -0.4 is 0 Å². The predicted molar refractivity (Wildman–Crippen MR) is 53.0 cm³/mol. The first-order valence-electron chi connectivity index (χ1n) is 3.76. The number of aryl methyl sites for hydroxylation is 2. The van der Waals surface area contributed by atoms with Crippen molar-refractivity contribution in [1.82, 2.24) is 4.98 Å². The summed E-state index contributed by atoms with van der Waals surface area (Å²) < 4.78 is 0. The molecule has 0 bridgehead atoms. The maximum atomic E-state index is 4.20. The minimum absolute atomic E-state index is 0.887. The largest absolute Gasteiger partial charge is 0.264 e. The first kappa shape index (κ1) is 8.65. The van der Waals surface area contributed by atoms with Gasteiger partial charge in [0.15, 0.2) is 0 Å². The predicted octanol–water partition coefficient (Wildman–Crippen LogP) is 2.67. The molecule has 0 amide bonds. The molecule has 1 rings (SSSR count). The summed E-state index contributed by atoms with van der Waals surface area (Å²) >= 11 is 0. The van der Waals surface area contributed by atoms with Crippen molar-refractivity contribution in [1.29, 1.82) is 0 Å². The smallest absolute Gasteiger partial charge is 0.0757 e. The number of nitrogens with zero attached hydrogens (tertiary/aromatic N) is 2. The second-order valence-electron chi connectivity index (χ2n) is 2.65. The van der Waals surface area contributed by atoms with E-state index in [0.717, 1.165) is 22.5 Å². The maximum Gasteiger partial charge on any atom is 0.0757 e. The summed E-state index contributed by atoms with van der Waals surface area (Å²) in [5.74, 6) is 0. The molecule has 0 N–H and O–H groups in total. The minimum atomic E-state index is 0.887. The van der Waals surface area contributed by atoms with Crippen molar-refractivity contribution < 1.29 is 0 Å². The summed E-state index contributed by atoms with van der Waals surface area (Å²) in [6.45, 7) is 11.1. The Hall–Kier alpha value is -1.44. The van der Waals surface area contributed by atoms with Gasteiger partial charge in [0, 0.05) is 17.5 Å². The fourth-order valence-corrected chi connectivity index (χ4v) is 1.16. The Bertz CT molecular complexity index is 294. The molecule has 12 heavy (non-hydrogen) atoms. The molecule has 0 saturated carbocycles. The zero-order valence-corrected chi connectivity index (χ0v) is 7.46. The lowest BCUT2D eigenvalue weighted by atomic mass is 10.1. The van der Waals surface area contributed by atoms with Crippen LogP contribution in [-0.2, 0) is 0 Å². The van der Waals surface area contributed by atoms with E-state index in [4.69, 9.17) is 0 Å². The van der Waals surface area contributed by atoms with E-state index in [2.05, 4.69) is 23.3 Å². The Morgan fingerprint density at radius 3 is 2.58 bits per heavy atom. The average molecular weight is 160 g/mol. The molecule has 0 aliphatic carbocycles. The van der Waals surface area contributed by atoms with Gasteiger partial charge in [-0.3, -0.25) is 9.98 Å². The number of pyridine rings is 1. The van der Waals surface area contributed by atoms with Crippen molar-refractivity contribution in [2.75, 3.05) is 0 Å². The highest BCUT2D eigenvalue weighted by Gasteiger charge is 2.04. The summed E-state index contributed by atoms with van der Waals surface area (Å²) in [6, 6.07) is 0. The highest BCUT2D eigenvalue weighted by molar-refractivity contribution is 5.69.